The van der Waals surface area contributed by atoms with Crippen molar-refractivity contribution < 1.29 is 37.0 Å². The minimum absolute atomic E-state index is 0.0161. The Labute approximate surface area is 193 Å². The normalized spacial score (nSPS) is 15.9. The summed E-state index contributed by atoms with van der Waals surface area (Å²) in [6, 6.07) is 10.7. The van der Waals surface area contributed by atoms with Crippen LogP contribution < -0.4 is 4.74 Å². The van der Waals surface area contributed by atoms with Crippen LogP contribution in [0.2, 0.25) is 0 Å². The van der Waals surface area contributed by atoms with Crippen molar-refractivity contribution >= 4 is 22.0 Å². The van der Waals surface area contributed by atoms with Crippen LogP contribution in [0.3, 0.4) is 0 Å². The summed E-state index contributed by atoms with van der Waals surface area (Å²) in [7, 11) is -0.297. The minimum atomic E-state index is -4.16. The molecule has 0 radical (unpaired) electrons. The molecule has 1 aliphatic heterocycles. The molecule has 0 saturated carbocycles. The van der Waals surface area contributed by atoms with Gasteiger partial charge in [-0.15, -0.1) is 0 Å². The Hall–Kier alpha value is -2.95. The monoisotopic (exact) mass is 477 g/mol. The second kappa shape index (κ2) is 10.8. The van der Waals surface area contributed by atoms with Crippen LogP contribution in [0.15, 0.2) is 47.4 Å². The molecule has 2 aromatic carbocycles. The first-order valence-corrected chi connectivity index (χ1v) is 11.8. The number of para-hydroxylation sites is 1. The molecule has 0 bridgehead atoms. The summed E-state index contributed by atoms with van der Waals surface area (Å²) < 4.78 is 49.4. The number of benzene rings is 2. The summed E-state index contributed by atoms with van der Waals surface area (Å²) in [6.45, 7) is 0.691. The van der Waals surface area contributed by atoms with Crippen LogP contribution in [-0.4, -0.2) is 65.2 Å². The number of carbonyl (C=O) groups is 2. The molecule has 0 aromatic heterocycles. The second-order valence-electron chi connectivity index (χ2n) is 7.47. The summed E-state index contributed by atoms with van der Waals surface area (Å²) >= 11 is 0. The highest BCUT2D eigenvalue weighted by Crippen LogP contribution is 2.27. The lowest BCUT2D eigenvalue weighted by Gasteiger charge is -2.26. The van der Waals surface area contributed by atoms with Crippen LogP contribution in [0.4, 0.5) is 0 Å². The molecular formula is C23H27NO8S. The van der Waals surface area contributed by atoms with E-state index in [1.54, 1.807) is 24.3 Å². The maximum Gasteiger partial charge on any atom is 0.337 e. The van der Waals surface area contributed by atoms with Crippen LogP contribution in [0.5, 0.6) is 5.75 Å². The van der Waals surface area contributed by atoms with Gasteiger partial charge in [0.25, 0.3) is 0 Å². The number of hydrogen-bond donors (Lipinski definition) is 0. The van der Waals surface area contributed by atoms with E-state index in [4.69, 9.17) is 18.9 Å². The quantitative estimate of drug-likeness (QED) is 0.507. The van der Waals surface area contributed by atoms with Gasteiger partial charge >= 0.3 is 11.9 Å². The lowest BCUT2D eigenvalue weighted by molar-refractivity contribution is 0.0598. The van der Waals surface area contributed by atoms with Gasteiger partial charge < -0.3 is 18.9 Å². The topological polar surface area (TPSA) is 108 Å². The number of esters is 2. The highest BCUT2D eigenvalue weighted by Gasteiger charge is 2.31. The standard InChI is InChI=1S/C23H27NO8S/c1-29-21-9-5-4-7-16(21)14-24(15-19-8-6-10-32-19)33(27,28)20-12-17(22(25)30-2)11-18(13-20)23(26)31-3/h4-5,7,9,11-13,19H,6,8,10,14-15H2,1-3H3. The smallest absolute Gasteiger partial charge is 0.337 e. The fourth-order valence-electron chi connectivity index (χ4n) is 3.66. The molecule has 0 aliphatic carbocycles. The zero-order valence-electron chi connectivity index (χ0n) is 18.8. The Morgan fingerprint density at radius 1 is 1.03 bits per heavy atom. The van der Waals surface area contributed by atoms with E-state index in [1.807, 2.05) is 0 Å². The summed E-state index contributed by atoms with van der Waals surface area (Å²) in [5, 5.41) is 0. The number of carbonyl (C=O) groups excluding carboxylic acids is 2. The Bertz CT molecular complexity index is 1070. The Kier molecular flexibility index (Phi) is 8.06. The number of ether oxygens (including phenoxy) is 4. The molecule has 0 N–H and O–H groups in total. The number of hydrogen-bond acceptors (Lipinski definition) is 8. The number of rotatable bonds is 9. The number of sulfonamides is 1. The molecule has 0 amide bonds. The van der Waals surface area contributed by atoms with Crippen molar-refractivity contribution in [3.05, 3.63) is 59.2 Å². The van der Waals surface area contributed by atoms with Gasteiger partial charge in [0.1, 0.15) is 5.75 Å². The van der Waals surface area contributed by atoms with E-state index < -0.39 is 22.0 Å². The minimum Gasteiger partial charge on any atom is -0.496 e. The van der Waals surface area contributed by atoms with E-state index in [2.05, 4.69) is 0 Å². The van der Waals surface area contributed by atoms with E-state index >= 15 is 0 Å². The molecule has 178 valence electrons. The molecule has 10 heteroatoms. The molecule has 1 aliphatic rings. The molecule has 9 nitrogen and oxygen atoms in total. The zero-order valence-corrected chi connectivity index (χ0v) is 19.6. The van der Waals surface area contributed by atoms with E-state index in [0.717, 1.165) is 12.8 Å². The van der Waals surface area contributed by atoms with Gasteiger partial charge in [0.05, 0.1) is 43.5 Å². The predicted octanol–water partition coefficient (Wildman–Crippen LogP) is 2.64. The van der Waals surface area contributed by atoms with Crippen molar-refractivity contribution in [3.8, 4) is 5.75 Å². The van der Waals surface area contributed by atoms with Crippen LogP contribution in [0.25, 0.3) is 0 Å². The third-order valence-electron chi connectivity index (χ3n) is 5.36. The van der Waals surface area contributed by atoms with Crippen molar-refractivity contribution in [2.75, 3.05) is 34.5 Å². The van der Waals surface area contributed by atoms with Crippen molar-refractivity contribution in [3.63, 3.8) is 0 Å². The van der Waals surface area contributed by atoms with Gasteiger partial charge in [-0.2, -0.15) is 4.31 Å². The number of methoxy groups -OCH3 is 3. The molecule has 0 spiro atoms. The lowest BCUT2D eigenvalue weighted by atomic mass is 10.1. The van der Waals surface area contributed by atoms with Crippen molar-refractivity contribution in [2.24, 2.45) is 0 Å². The van der Waals surface area contributed by atoms with E-state index in [1.165, 1.54) is 43.8 Å². The highest BCUT2D eigenvalue weighted by molar-refractivity contribution is 7.89. The van der Waals surface area contributed by atoms with Gasteiger partial charge in [-0.25, -0.2) is 18.0 Å². The molecule has 1 saturated heterocycles. The largest absolute Gasteiger partial charge is 0.496 e. The summed E-state index contributed by atoms with van der Waals surface area (Å²) in [5.41, 5.74) is 0.514. The third-order valence-corrected chi connectivity index (χ3v) is 7.15. The summed E-state index contributed by atoms with van der Waals surface area (Å²) in [5.74, 6) is -0.996. The summed E-state index contributed by atoms with van der Waals surface area (Å²) in [6.07, 6.45) is 1.31. The highest BCUT2D eigenvalue weighted by atomic mass is 32.2. The van der Waals surface area contributed by atoms with E-state index in [0.29, 0.717) is 17.9 Å². The fourth-order valence-corrected chi connectivity index (χ4v) is 5.18. The predicted molar refractivity (Wildman–Crippen MR) is 119 cm³/mol. The van der Waals surface area contributed by atoms with Crippen LogP contribution in [-0.2, 0) is 30.8 Å². The zero-order chi connectivity index (χ0) is 24.0. The van der Waals surface area contributed by atoms with Crippen molar-refractivity contribution in [1.29, 1.82) is 0 Å². The van der Waals surface area contributed by atoms with E-state index in [9.17, 15) is 18.0 Å². The maximum atomic E-state index is 13.8. The Morgan fingerprint density at radius 2 is 1.67 bits per heavy atom. The molecule has 1 unspecified atom stereocenters. The molecular weight excluding hydrogens is 450 g/mol. The van der Waals surface area contributed by atoms with Crippen LogP contribution in [0.1, 0.15) is 39.1 Å². The SMILES string of the molecule is COC(=O)c1cc(C(=O)OC)cc(S(=O)(=O)N(Cc2ccccc2OC)CC2CCCO2)c1. The lowest BCUT2D eigenvalue weighted by Crippen LogP contribution is -2.37. The second-order valence-corrected chi connectivity index (χ2v) is 9.41. The van der Waals surface area contributed by atoms with Gasteiger partial charge in [0, 0.05) is 25.3 Å². The summed E-state index contributed by atoms with van der Waals surface area (Å²) in [4.78, 5) is 24.1. The van der Waals surface area contributed by atoms with Gasteiger partial charge in [-0.05, 0) is 37.1 Å². The molecule has 1 heterocycles. The van der Waals surface area contributed by atoms with Crippen LogP contribution >= 0.6 is 0 Å². The number of nitrogens with zero attached hydrogens (tertiary/aromatic N) is 1. The van der Waals surface area contributed by atoms with Crippen molar-refractivity contribution in [1.82, 2.24) is 4.31 Å². The van der Waals surface area contributed by atoms with E-state index in [-0.39, 0.29) is 35.2 Å². The van der Waals surface area contributed by atoms with Crippen molar-refractivity contribution in [2.45, 2.75) is 30.4 Å². The van der Waals surface area contributed by atoms with Crippen LogP contribution in [0, 0.1) is 0 Å². The van der Waals surface area contributed by atoms with Gasteiger partial charge in [0.15, 0.2) is 0 Å². The first-order valence-electron chi connectivity index (χ1n) is 10.4. The average Bonchev–Trinajstić information content (AvgIpc) is 3.35. The Balaban J connectivity index is 2.08. The Morgan fingerprint density at radius 3 is 2.21 bits per heavy atom. The third kappa shape index (κ3) is 5.70. The molecule has 3 rings (SSSR count). The first kappa shape index (κ1) is 24.7. The van der Waals surface area contributed by atoms with Gasteiger partial charge in [0.2, 0.25) is 10.0 Å². The first-order chi connectivity index (χ1) is 15.8. The molecule has 33 heavy (non-hydrogen) atoms. The maximum absolute atomic E-state index is 13.8. The van der Waals surface area contributed by atoms with Gasteiger partial charge in [-0.1, -0.05) is 18.2 Å². The molecule has 1 atom stereocenters. The average molecular weight is 478 g/mol. The molecule has 2 aromatic rings. The fraction of sp³-hybridized carbons (Fsp3) is 0.391. The molecule has 1 fully saturated rings. The van der Waals surface area contributed by atoms with Gasteiger partial charge in [-0.3, -0.25) is 0 Å².